The monoisotopic (exact) mass is 427 g/mol. The Morgan fingerprint density at radius 1 is 1.41 bits per heavy atom. The van der Waals surface area contributed by atoms with Crippen LogP contribution in [-0.4, -0.2) is 37.2 Å². The van der Waals surface area contributed by atoms with Crippen molar-refractivity contribution in [2.24, 2.45) is 0 Å². The minimum absolute atomic E-state index is 0.00808. The van der Waals surface area contributed by atoms with E-state index in [9.17, 15) is 18.0 Å². The zero-order valence-electron chi connectivity index (χ0n) is 12.3. The summed E-state index contributed by atoms with van der Waals surface area (Å²) in [7, 11) is 1.53. The molecule has 0 unspecified atom stereocenters. The molecule has 0 radical (unpaired) electrons. The number of amides is 1. The van der Waals surface area contributed by atoms with Gasteiger partial charge in [-0.05, 0) is 59.7 Å². The van der Waals surface area contributed by atoms with E-state index >= 15 is 0 Å². The van der Waals surface area contributed by atoms with E-state index in [4.69, 9.17) is 4.74 Å². The van der Waals surface area contributed by atoms with Gasteiger partial charge in [0.15, 0.2) is 0 Å². The molecule has 0 saturated carbocycles. The summed E-state index contributed by atoms with van der Waals surface area (Å²) in [5.74, 6) is -1.18. The van der Waals surface area contributed by atoms with Crippen LogP contribution in [0.2, 0.25) is 0 Å². The Kier molecular flexibility index (Phi) is 7.18. The van der Waals surface area contributed by atoms with E-state index in [-0.39, 0.29) is 13.1 Å². The smallest absolute Gasteiger partial charge is 0.471 e. The number of hydrogen-bond donors (Lipinski definition) is 0. The van der Waals surface area contributed by atoms with Gasteiger partial charge in [-0.3, -0.25) is 4.79 Å². The first-order valence-electron chi connectivity index (χ1n) is 6.59. The Morgan fingerprint density at radius 2 is 2.09 bits per heavy atom. The fraction of sp³-hybridized carbons (Fsp3) is 0.400. The zero-order chi connectivity index (χ0) is 16.8. The van der Waals surface area contributed by atoms with Crippen LogP contribution in [-0.2, 0) is 11.2 Å². The predicted molar refractivity (Wildman–Crippen MR) is 86.9 cm³/mol. The van der Waals surface area contributed by atoms with Crippen LogP contribution in [0, 0.1) is 3.57 Å². The standard InChI is InChI=1S/C15H17F3INO2/c1-3-4-8-20(14(21)15(16,17)18)9-7-11-10-12(22-2)5-6-13(11)19/h3-6,10H,7-9H2,1-2H3. The molecule has 0 aromatic heterocycles. The van der Waals surface area contributed by atoms with E-state index in [0.29, 0.717) is 12.2 Å². The summed E-state index contributed by atoms with van der Waals surface area (Å²) >= 11 is 2.11. The van der Waals surface area contributed by atoms with Crippen LogP contribution >= 0.6 is 22.6 Å². The Labute approximate surface area is 141 Å². The molecule has 122 valence electrons. The lowest BCUT2D eigenvalue weighted by Crippen LogP contribution is -2.42. The lowest BCUT2D eigenvalue weighted by Gasteiger charge is -2.22. The van der Waals surface area contributed by atoms with E-state index in [0.717, 1.165) is 14.0 Å². The number of halogens is 4. The molecule has 0 atom stereocenters. The fourth-order valence-electron chi connectivity index (χ4n) is 1.81. The number of rotatable bonds is 6. The molecule has 7 heteroatoms. The van der Waals surface area contributed by atoms with Crippen molar-refractivity contribution in [1.82, 2.24) is 4.90 Å². The summed E-state index contributed by atoms with van der Waals surface area (Å²) < 4.78 is 43.9. The van der Waals surface area contributed by atoms with Gasteiger partial charge in [0.25, 0.3) is 0 Å². The minimum Gasteiger partial charge on any atom is -0.497 e. The maximum Gasteiger partial charge on any atom is 0.471 e. The van der Waals surface area contributed by atoms with Crippen molar-refractivity contribution in [3.63, 3.8) is 0 Å². The number of ether oxygens (including phenoxy) is 1. The van der Waals surface area contributed by atoms with Crippen molar-refractivity contribution < 1.29 is 22.7 Å². The third kappa shape index (κ3) is 5.51. The van der Waals surface area contributed by atoms with Gasteiger partial charge in [-0.2, -0.15) is 13.2 Å². The number of carbonyl (C=O) groups excluding carboxylic acids is 1. The van der Waals surface area contributed by atoms with Gasteiger partial charge in [0.05, 0.1) is 7.11 Å². The highest BCUT2D eigenvalue weighted by atomic mass is 127. The molecule has 0 bridgehead atoms. The van der Waals surface area contributed by atoms with Gasteiger partial charge >= 0.3 is 12.1 Å². The highest BCUT2D eigenvalue weighted by Gasteiger charge is 2.41. The third-order valence-corrected chi connectivity index (χ3v) is 4.05. The molecule has 0 saturated heterocycles. The normalized spacial score (nSPS) is 11.7. The number of benzene rings is 1. The topological polar surface area (TPSA) is 29.5 Å². The van der Waals surface area contributed by atoms with Gasteiger partial charge in [0.1, 0.15) is 5.75 Å². The molecule has 1 aromatic carbocycles. The summed E-state index contributed by atoms with van der Waals surface area (Å²) in [5.41, 5.74) is 0.848. The second kappa shape index (κ2) is 8.40. The molecule has 0 fully saturated rings. The number of carbonyl (C=O) groups is 1. The largest absolute Gasteiger partial charge is 0.497 e. The lowest BCUT2D eigenvalue weighted by molar-refractivity contribution is -0.184. The molecule has 22 heavy (non-hydrogen) atoms. The fourth-order valence-corrected chi connectivity index (χ4v) is 2.42. The molecule has 1 rings (SSSR count). The van der Waals surface area contributed by atoms with E-state index < -0.39 is 12.1 Å². The van der Waals surface area contributed by atoms with E-state index in [1.807, 2.05) is 6.07 Å². The highest BCUT2D eigenvalue weighted by Crippen LogP contribution is 2.22. The van der Waals surface area contributed by atoms with Crippen LogP contribution < -0.4 is 4.74 Å². The first kappa shape index (κ1) is 18.8. The Bertz CT molecular complexity index is 544. The van der Waals surface area contributed by atoms with Crippen molar-refractivity contribution in [3.8, 4) is 5.75 Å². The number of allylic oxidation sites excluding steroid dienone is 1. The SMILES string of the molecule is CC=CCN(CCc1cc(OC)ccc1I)C(=O)C(F)(F)F. The first-order chi connectivity index (χ1) is 10.3. The van der Waals surface area contributed by atoms with Crippen LogP contribution in [0.1, 0.15) is 12.5 Å². The Hall–Kier alpha value is -1.25. The quantitative estimate of drug-likeness (QED) is 0.511. The van der Waals surface area contributed by atoms with Gasteiger partial charge in [-0.25, -0.2) is 0 Å². The zero-order valence-corrected chi connectivity index (χ0v) is 14.4. The van der Waals surface area contributed by atoms with E-state index in [1.165, 1.54) is 13.2 Å². The van der Waals surface area contributed by atoms with Crippen molar-refractivity contribution in [1.29, 1.82) is 0 Å². The molecule has 1 amide bonds. The maximum atomic E-state index is 12.6. The maximum absolute atomic E-state index is 12.6. The minimum atomic E-state index is -4.86. The molecule has 0 aliphatic carbocycles. The summed E-state index contributed by atoms with van der Waals surface area (Å²) in [4.78, 5) is 12.2. The van der Waals surface area contributed by atoms with E-state index in [2.05, 4.69) is 22.6 Å². The number of methoxy groups -OCH3 is 1. The number of hydrogen-bond acceptors (Lipinski definition) is 2. The summed E-state index contributed by atoms with van der Waals surface area (Å²) in [6, 6.07) is 5.38. The lowest BCUT2D eigenvalue weighted by atomic mass is 10.1. The summed E-state index contributed by atoms with van der Waals surface area (Å²) in [5, 5.41) is 0. The van der Waals surface area contributed by atoms with Crippen molar-refractivity contribution >= 4 is 28.5 Å². The second-order valence-electron chi connectivity index (χ2n) is 4.53. The van der Waals surface area contributed by atoms with Gasteiger partial charge < -0.3 is 9.64 Å². The Balaban J connectivity index is 2.85. The van der Waals surface area contributed by atoms with E-state index in [1.54, 1.807) is 25.1 Å². The van der Waals surface area contributed by atoms with Gasteiger partial charge in [0.2, 0.25) is 0 Å². The van der Waals surface area contributed by atoms with Gasteiger partial charge in [-0.15, -0.1) is 0 Å². The van der Waals surface area contributed by atoms with Gasteiger partial charge in [0, 0.05) is 16.7 Å². The Morgan fingerprint density at radius 3 is 2.64 bits per heavy atom. The van der Waals surface area contributed by atoms with Crippen molar-refractivity contribution in [2.45, 2.75) is 19.5 Å². The first-order valence-corrected chi connectivity index (χ1v) is 7.67. The van der Waals surface area contributed by atoms with Crippen LogP contribution in [0.4, 0.5) is 13.2 Å². The molecule has 0 heterocycles. The van der Waals surface area contributed by atoms with Crippen LogP contribution in [0.3, 0.4) is 0 Å². The molecular weight excluding hydrogens is 410 g/mol. The second-order valence-corrected chi connectivity index (χ2v) is 5.69. The number of nitrogens with zero attached hydrogens (tertiary/aromatic N) is 1. The molecule has 0 aliphatic heterocycles. The molecule has 1 aromatic rings. The number of alkyl halides is 3. The van der Waals surface area contributed by atoms with Crippen LogP contribution in [0.25, 0.3) is 0 Å². The van der Waals surface area contributed by atoms with Crippen molar-refractivity contribution in [3.05, 3.63) is 39.5 Å². The van der Waals surface area contributed by atoms with Crippen molar-refractivity contribution in [2.75, 3.05) is 20.2 Å². The molecular formula is C15H17F3INO2. The summed E-state index contributed by atoms with van der Waals surface area (Å²) in [6.07, 6.45) is -1.38. The predicted octanol–water partition coefficient (Wildman–Crippen LogP) is 3.81. The average Bonchev–Trinajstić information content (AvgIpc) is 2.47. The third-order valence-electron chi connectivity index (χ3n) is 3.00. The molecule has 3 nitrogen and oxygen atoms in total. The van der Waals surface area contributed by atoms with Crippen LogP contribution in [0.5, 0.6) is 5.75 Å². The average molecular weight is 427 g/mol. The molecule has 0 spiro atoms. The molecule has 0 aliphatic rings. The van der Waals surface area contributed by atoms with Crippen LogP contribution in [0.15, 0.2) is 30.4 Å². The molecule has 0 N–H and O–H groups in total. The highest BCUT2D eigenvalue weighted by molar-refractivity contribution is 14.1. The van der Waals surface area contributed by atoms with Gasteiger partial charge in [-0.1, -0.05) is 12.2 Å². The summed E-state index contributed by atoms with van der Waals surface area (Å²) in [6.45, 7) is 1.63.